The minimum Gasteiger partial charge on any atom is -0.246 e. The average molecular weight is 292 g/mol. The Labute approximate surface area is 80.2 Å². The molecule has 1 unspecified atom stereocenters. The number of rotatable bonds is 4. The SMILES string of the molecule is CCC(CC)CS(=O)(=S)I. The summed E-state index contributed by atoms with van der Waals surface area (Å²) in [6, 6.07) is 0. The first-order valence-electron chi connectivity index (χ1n) is 3.42. The Morgan fingerprint density at radius 3 is 2.00 bits per heavy atom. The summed E-state index contributed by atoms with van der Waals surface area (Å²) < 4.78 is 11.1. The molecule has 0 aliphatic carbocycles. The first kappa shape index (κ1) is 11.1. The Morgan fingerprint density at radius 2 is 1.90 bits per heavy atom. The molecule has 62 valence electrons. The molecule has 0 aromatic rings. The van der Waals surface area contributed by atoms with Crippen LogP contribution in [-0.2, 0) is 16.9 Å². The van der Waals surface area contributed by atoms with E-state index < -0.39 is 5.66 Å². The second-order valence-electron chi connectivity index (χ2n) is 2.39. The minimum absolute atomic E-state index is 0.557. The molecule has 0 saturated heterocycles. The smallest absolute Gasteiger partial charge is 0.0855 e. The largest absolute Gasteiger partial charge is 0.246 e. The molecule has 0 saturated carbocycles. The topological polar surface area (TPSA) is 17.1 Å². The van der Waals surface area contributed by atoms with E-state index in [0.29, 0.717) is 11.7 Å². The zero-order valence-electron chi connectivity index (χ0n) is 6.30. The summed E-state index contributed by atoms with van der Waals surface area (Å²) in [5, 5.41) is 0. The summed E-state index contributed by atoms with van der Waals surface area (Å²) in [5.41, 5.74) is -1.94. The second kappa shape index (κ2) is 4.87. The summed E-state index contributed by atoms with van der Waals surface area (Å²) in [4.78, 5) is 0. The molecule has 0 aliphatic rings. The lowest BCUT2D eigenvalue weighted by atomic mass is 10.1. The van der Waals surface area contributed by atoms with Crippen LogP contribution in [-0.4, -0.2) is 9.96 Å². The average Bonchev–Trinajstić information content (AvgIpc) is 1.81. The van der Waals surface area contributed by atoms with Crippen molar-refractivity contribution in [1.29, 1.82) is 0 Å². The van der Waals surface area contributed by atoms with E-state index in [1.54, 1.807) is 0 Å². The Kier molecular flexibility index (Phi) is 5.41. The van der Waals surface area contributed by atoms with Crippen LogP contribution >= 0.6 is 21.2 Å². The fourth-order valence-corrected chi connectivity index (χ4v) is 3.94. The molecule has 0 aliphatic heterocycles. The standard InChI is InChI=1S/C6H13IOS2/c1-3-6(4-2)5-10(7,8)9/h6H,3-5H2,1-2H3. The number of halogens is 1. The van der Waals surface area contributed by atoms with Gasteiger partial charge in [-0.15, -0.1) is 0 Å². The predicted molar refractivity (Wildman–Crippen MR) is 58.5 cm³/mol. The lowest BCUT2D eigenvalue weighted by Crippen LogP contribution is -2.08. The zero-order chi connectivity index (χ0) is 8.20. The highest BCUT2D eigenvalue weighted by atomic mass is 127. The highest BCUT2D eigenvalue weighted by Crippen LogP contribution is 2.15. The highest BCUT2D eigenvalue weighted by molar-refractivity contribution is 14.2. The van der Waals surface area contributed by atoms with Crippen molar-refractivity contribution < 1.29 is 4.21 Å². The van der Waals surface area contributed by atoms with Gasteiger partial charge in [-0.3, -0.25) is 0 Å². The van der Waals surface area contributed by atoms with Crippen LogP contribution in [0.2, 0.25) is 0 Å². The second-order valence-corrected chi connectivity index (χ2v) is 11.5. The molecule has 0 radical (unpaired) electrons. The van der Waals surface area contributed by atoms with Gasteiger partial charge in [0.05, 0.1) is 5.66 Å². The molecule has 4 heteroatoms. The normalized spacial score (nSPS) is 17.2. The van der Waals surface area contributed by atoms with Gasteiger partial charge in [0.1, 0.15) is 0 Å². The van der Waals surface area contributed by atoms with Crippen molar-refractivity contribution in [3.63, 3.8) is 0 Å². The van der Waals surface area contributed by atoms with Crippen LogP contribution in [0.25, 0.3) is 0 Å². The molecule has 0 heterocycles. The molecule has 0 rings (SSSR count). The van der Waals surface area contributed by atoms with Gasteiger partial charge in [-0.25, -0.2) is 4.21 Å². The van der Waals surface area contributed by atoms with Gasteiger partial charge in [0.15, 0.2) is 0 Å². The van der Waals surface area contributed by atoms with E-state index in [9.17, 15) is 4.21 Å². The van der Waals surface area contributed by atoms with Gasteiger partial charge in [0.25, 0.3) is 0 Å². The maximum absolute atomic E-state index is 11.1. The first-order chi connectivity index (χ1) is 4.49. The van der Waals surface area contributed by atoms with Crippen molar-refractivity contribution in [1.82, 2.24) is 0 Å². The van der Waals surface area contributed by atoms with Gasteiger partial charge in [-0.05, 0) is 17.1 Å². The first-order valence-corrected chi connectivity index (χ1v) is 8.61. The molecule has 0 aromatic carbocycles. The van der Waals surface area contributed by atoms with Crippen molar-refractivity contribution in [2.24, 2.45) is 5.92 Å². The monoisotopic (exact) mass is 292 g/mol. The molecular formula is C6H13IOS2. The van der Waals surface area contributed by atoms with Crippen molar-refractivity contribution in [2.45, 2.75) is 26.7 Å². The Bertz CT molecular complexity index is 170. The molecule has 1 nitrogen and oxygen atoms in total. The minimum atomic E-state index is -1.94. The maximum atomic E-state index is 11.1. The Balaban J connectivity index is 3.87. The molecule has 0 fully saturated rings. The van der Waals surface area contributed by atoms with E-state index in [4.69, 9.17) is 11.2 Å². The van der Waals surface area contributed by atoms with Crippen molar-refractivity contribution in [3.8, 4) is 0 Å². The van der Waals surface area contributed by atoms with Gasteiger partial charge < -0.3 is 0 Å². The van der Waals surface area contributed by atoms with Crippen molar-refractivity contribution in [3.05, 3.63) is 0 Å². The lowest BCUT2D eigenvalue weighted by Gasteiger charge is -2.09. The maximum Gasteiger partial charge on any atom is 0.0855 e. The molecule has 0 bridgehead atoms. The summed E-state index contributed by atoms with van der Waals surface area (Å²) in [6.45, 7) is 4.23. The van der Waals surface area contributed by atoms with E-state index in [0.717, 1.165) is 12.8 Å². The third-order valence-electron chi connectivity index (χ3n) is 1.59. The van der Waals surface area contributed by atoms with Gasteiger partial charge in [0, 0.05) is 27.0 Å². The van der Waals surface area contributed by atoms with Gasteiger partial charge in [0.2, 0.25) is 0 Å². The molecule has 0 spiro atoms. The molecule has 0 aromatic heterocycles. The zero-order valence-corrected chi connectivity index (χ0v) is 10.1. The van der Waals surface area contributed by atoms with Crippen LogP contribution in [0.1, 0.15) is 26.7 Å². The lowest BCUT2D eigenvalue weighted by molar-refractivity contribution is 0.547. The predicted octanol–water partition coefficient (Wildman–Crippen LogP) is 2.52. The molecular weight excluding hydrogens is 279 g/mol. The third-order valence-corrected chi connectivity index (χ3v) is 3.95. The molecule has 10 heavy (non-hydrogen) atoms. The fraction of sp³-hybridized carbons (Fsp3) is 1.00. The Hall–Kier alpha value is 1.10. The summed E-state index contributed by atoms with van der Waals surface area (Å²) >= 11 is 6.69. The van der Waals surface area contributed by atoms with Crippen molar-refractivity contribution >= 4 is 38.1 Å². The summed E-state index contributed by atoms with van der Waals surface area (Å²) in [5.74, 6) is 1.26. The van der Waals surface area contributed by atoms with E-state index in [1.807, 2.05) is 21.2 Å². The Morgan fingerprint density at radius 1 is 1.50 bits per heavy atom. The van der Waals surface area contributed by atoms with E-state index in [-0.39, 0.29) is 0 Å². The van der Waals surface area contributed by atoms with Crippen LogP contribution in [0, 0.1) is 5.92 Å². The summed E-state index contributed by atoms with van der Waals surface area (Å²) in [6.07, 6.45) is 2.18. The highest BCUT2D eigenvalue weighted by Gasteiger charge is 2.09. The molecule has 0 amide bonds. The van der Waals surface area contributed by atoms with Crippen LogP contribution < -0.4 is 0 Å². The van der Waals surface area contributed by atoms with Gasteiger partial charge in [-0.1, -0.05) is 26.7 Å². The van der Waals surface area contributed by atoms with Crippen LogP contribution in [0.15, 0.2) is 0 Å². The number of hydrogen-bond acceptors (Lipinski definition) is 2. The molecule has 1 atom stereocenters. The van der Waals surface area contributed by atoms with Crippen molar-refractivity contribution in [2.75, 3.05) is 5.75 Å². The van der Waals surface area contributed by atoms with Gasteiger partial charge in [-0.2, -0.15) is 0 Å². The third kappa shape index (κ3) is 5.85. The van der Waals surface area contributed by atoms with E-state index in [1.165, 1.54) is 0 Å². The fourth-order valence-electron chi connectivity index (χ4n) is 0.806. The van der Waals surface area contributed by atoms with E-state index in [2.05, 4.69) is 13.8 Å². The van der Waals surface area contributed by atoms with Crippen LogP contribution in [0.3, 0.4) is 0 Å². The summed E-state index contributed by atoms with van der Waals surface area (Å²) in [7, 11) is 0. The van der Waals surface area contributed by atoms with E-state index >= 15 is 0 Å². The van der Waals surface area contributed by atoms with Gasteiger partial charge >= 0.3 is 0 Å². The number of hydrogen-bond donors (Lipinski definition) is 0. The molecule has 0 N–H and O–H groups in total. The van der Waals surface area contributed by atoms with Crippen LogP contribution in [0.5, 0.6) is 0 Å². The quantitative estimate of drug-likeness (QED) is 0.585. The van der Waals surface area contributed by atoms with Crippen LogP contribution in [0.4, 0.5) is 0 Å².